The molecule has 0 radical (unpaired) electrons. The molecule has 17 heavy (non-hydrogen) atoms. The maximum atomic E-state index is 11.8. The van der Waals surface area contributed by atoms with Crippen molar-refractivity contribution in [1.82, 2.24) is 9.97 Å². The van der Waals surface area contributed by atoms with Crippen LogP contribution in [0.15, 0.2) is 36.7 Å². The Morgan fingerprint density at radius 3 is 2.76 bits per heavy atom. The number of hydrogen-bond donors (Lipinski definition) is 2. The minimum Gasteiger partial charge on any atom is -0.382 e. The molecular formula is C11H9IN4O. The van der Waals surface area contributed by atoms with Gasteiger partial charge >= 0.3 is 0 Å². The highest BCUT2D eigenvalue weighted by molar-refractivity contribution is 14.1. The highest BCUT2D eigenvalue weighted by Crippen LogP contribution is 2.13. The summed E-state index contributed by atoms with van der Waals surface area (Å²) in [4.78, 5) is 19.5. The Labute approximate surface area is 112 Å². The fourth-order valence-electron chi connectivity index (χ4n) is 1.22. The highest BCUT2D eigenvalue weighted by Gasteiger charge is 2.07. The van der Waals surface area contributed by atoms with Crippen molar-refractivity contribution in [2.24, 2.45) is 0 Å². The Morgan fingerprint density at radius 1 is 1.29 bits per heavy atom. The van der Waals surface area contributed by atoms with Gasteiger partial charge in [0.25, 0.3) is 5.91 Å². The minimum atomic E-state index is -0.306. The third-order valence-electron chi connectivity index (χ3n) is 1.99. The standard InChI is InChI=1S/C11H9IN4O/c12-7-2-1-3-8(4-7)16-11(17)9-5-15-10(13)6-14-9/h1-6H,(H2,13,15)(H,16,17). The molecule has 0 aliphatic carbocycles. The van der Waals surface area contributed by atoms with Crippen molar-refractivity contribution < 1.29 is 4.79 Å². The van der Waals surface area contributed by atoms with Crippen LogP contribution in [0, 0.1) is 3.57 Å². The number of carbonyl (C=O) groups is 1. The zero-order valence-electron chi connectivity index (χ0n) is 8.72. The molecule has 5 nitrogen and oxygen atoms in total. The molecule has 0 saturated heterocycles. The van der Waals surface area contributed by atoms with Crippen LogP contribution in [0.2, 0.25) is 0 Å². The topological polar surface area (TPSA) is 80.9 Å². The minimum absolute atomic E-state index is 0.234. The number of benzene rings is 1. The molecular weight excluding hydrogens is 331 g/mol. The lowest BCUT2D eigenvalue weighted by molar-refractivity contribution is 0.102. The first kappa shape index (κ1) is 11.8. The summed E-state index contributed by atoms with van der Waals surface area (Å²) in [6.07, 6.45) is 2.70. The second-order valence-electron chi connectivity index (χ2n) is 3.29. The third-order valence-corrected chi connectivity index (χ3v) is 2.66. The number of halogens is 1. The number of hydrogen-bond acceptors (Lipinski definition) is 4. The van der Waals surface area contributed by atoms with Crippen LogP contribution in [0.1, 0.15) is 10.5 Å². The van der Waals surface area contributed by atoms with Crippen LogP contribution in [0.5, 0.6) is 0 Å². The van der Waals surface area contributed by atoms with Crippen LogP contribution in [-0.4, -0.2) is 15.9 Å². The Hall–Kier alpha value is -1.70. The molecule has 0 aliphatic heterocycles. The van der Waals surface area contributed by atoms with E-state index in [0.717, 1.165) is 9.26 Å². The van der Waals surface area contributed by atoms with Crippen LogP contribution >= 0.6 is 22.6 Å². The van der Waals surface area contributed by atoms with Crippen molar-refractivity contribution >= 4 is 40.0 Å². The maximum Gasteiger partial charge on any atom is 0.275 e. The van der Waals surface area contributed by atoms with E-state index >= 15 is 0 Å². The van der Waals surface area contributed by atoms with Gasteiger partial charge in [0.1, 0.15) is 11.5 Å². The van der Waals surface area contributed by atoms with Crippen molar-refractivity contribution in [1.29, 1.82) is 0 Å². The van der Waals surface area contributed by atoms with E-state index in [-0.39, 0.29) is 17.4 Å². The molecule has 0 bridgehead atoms. The first-order chi connectivity index (χ1) is 8.15. The summed E-state index contributed by atoms with van der Waals surface area (Å²) < 4.78 is 1.05. The van der Waals surface area contributed by atoms with E-state index in [1.807, 2.05) is 24.3 Å². The fourth-order valence-corrected chi connectivity index (χ4v) is 1.76. The number of anilines is 2. The van der Waals surface area contributed by atoms with Crippen molar-refractivity contribution in [3.05, 3.63) is 45.9 Å². The van der Waals surface area contributed by atoms with Gasteiger partial charge in [-0.3, -0.25) is 4.79 Å². The first-order valence-corrected chi connectivity index (χ1v) is 5.87. The maximum absolute atomic E-state index is 11.8. The Balaban J connectivity index is 2.14. The molecule has 0 aliphatic rings. The van der Waals surface area contributed by atoms with Gasteiger partial charge in [0, 0.05) is 9.26 Å². The molecule has 0 saturated carbocycles. The molecule has 1 amide bonds. The summed E-state index contributed by atoms with van der Waals surface area (Å²) in [5.41, 5.74) is 6.35. The summed E-state index contributed by atoms with van der Waals surface area (Å²) >= 11 is 2.18. The van der Waals surface area contributed by atoms with Gasteiger partial charge in [-0.2, -0.15) is 0 Å². The van der Waals surface area contributed by atoms with E-state index in [4.69, 9.17) is 5.73 Å². The smallest absolute Gasteiger partial charge is 0.275 e. The number of nitrogens with two attached hydrogens (primary N) is 1. The Morgan fingerprint density at radius 2 is 2.12 bits per heavy atom. The summed E-state index contributed by atoms with van der Waals surface area (Å²) in [5, 5.41) is 2.73. The Kier molecular flexibility index (Phi) is 3.52. The molecule has 2 rings (SSSR count). The van der Waals surface area contributed by atoms with Crippen molar-refractivity contribution in [3.8, 4) is 0 Å². The van der Waals surface area contributed by atoms with E-state index in [0.29, 0.717) is 0 Å². The SMILES string of the molecule is Nc1cnc(C(=O)Nc2cccc(I)c2)cn1. The second kappa shape index (κ2) is 5.09. The highest BCUT2D eigenvalue weighted by atomic mass is 127. The summed E-state index contributed by atoms with van der Waals surface area (Å²) in [7, 11) is 0. The number of nitrogen functional groups attached to an aromatic ring is 1. The van der Waals surface area contributed by atoms with Gasteiger partial charge in [-0.1, -0.05) is 6.07 Å². The van der Waals surface area contributed by atoms with Crippen LogP contribution in [-0.2, 0) is 0 Å². The molecule has 2 aromatic rings. The summed E-state index contributed by atoms with van der Waals surface area (Å²) in [6.45, 7) is 0. The molecule has 0 atom stereocenters. The van der Waals surface area contributed by atoms with Crippen molar-refractivity contribution in [2.75, 3.05) is 11.1 Å². The molecule has 6 heteroatoms. The number of rotatable bonds is 2. The van der Waals surface area contributed by atoms with Crippen molar-refractivity contribution in [3.63, 3.8) is 0 Å². The lowest BCUT2D eigenvalue weighted by Gasteiger charge is -2.04. The van der Waals surface area contributed by atoms with E-state index in [1.54, 1.807) is 0 Å². The van der Waals surface area contributed by atoms with Gasteiger partial charge in [0.15, 0.2) is 0 Å². The first-order valence-electron chi connectivity index (χ1n) is 4.79. The summed E-state index contributed by atoms with van der Waals surface area (Å²) in [6, 6.07) is 7.49. The molecule has 86 valence electrons. The molecule has 0 spiro atoms. The molecule has 1 aromatic carbocycles. The number of carbonyl (C=O) groups excluding carboxylic acids is 1. The molecule has 0 unspecified atom stereocenters. The predicted octanol–water partition coefficient (Wildman–Crippen LogP) is 1.92. The van der Waals surface area contributed by atoms with Crippen LogP contribution in [0.4, 0.5) is 11.5 Å². The molecule has 3 N–H and O–H groups in total. The average molecular weight is 340 g/mol. The normalized spacial score (nSPS) is 9.94. The van der Waals surface area contributed by atoms with E-state index in [2.05, 4.69) is 37.9 Å². The lowest BCUT2D eigenvalue weighted by atomic mass is 10.3. The average Bonchev–Trinajstić information content (AvgIpc) is 2.29. The quantitative estimate of drug-likeness (QED) is 0.819. The van der Waals surface area contributed by atoms with Gasteiger partial charge in [-0.15, -0.1) is 0 Å². The number of nitrogens with one attached hydrogen (secondary N) is 1. The number of amides is 1. The van der Waals surface area contributed by atoms with Crippen molar-refractivity contribution in [2.45, 2.75) is 0 Å². The van der Waals surface area contributed by atoms with Gasteiger partial charge in [-0.25, -0.2) is 9.97 Å². The van der Waals surface area contributed by atoms with Crippen LogP contribution < -0.4 is 11.1 Å². The zero-order valence-corrected chi connectivity index (χ0v) is 10.9. The van der Waals surface area contributed by atoms with E-state index in [9.17, 15) is 4.79 Å². The van der Waals surface area contributed by atoms with Crippen LogP contribution in [0.25, 0.3) is 0 Å². The zero-order chi connectivity index (χ0) is 12.3. The Bertz CT molecular complexity index is 541. The largest absolute Gasteiger partial charge is 0.382 e. The monoisotopic (exact) mass is 340 g/mol. The number of nitrogens with zero attached hydrogens (tertiary/aromatic N) is 2. The third kappa shape index (κ3) is 3.13. The molecule has 1 heterocycles. The van der Waals surface area contributed by atoms with E-state index in [1.165, 1.54) is 12.4 Å². The number of aromatic nitrogens is 2. The van der Waals surface area contributed by atoms with Crippen LogP contribution in [0.3, 0.4) is 0 Å². The lowest BCUT2D eigenvalue weighted by Crippen LogP contribution is -2.14. The molecule has 1 aromatic heterocycles. The fraction of sp³-hybridized carbons (Fsp3) is 0. The van der Waals surface area contributed by atoms with E-state index < -0.39 is 0 Å². The summed E-state index contributed by atoms with van der Waals surface area (Å²) in [5.74, 6) is -0.0182. The predicted molar refractivity (Wildman–Crippen MR) is 73.6 cm³/mol. The van der Waals surface area contributed by atoms with Gasteiger partial charge < -0.3 is 11.1 Å². The second-order valence-corrected chi connectivity index (χ2v) is 4.54. The molecule has 0 fully saturated rings. The van der Waals surface area contributed by atoms with Gasteiger partial charge in [-0.05, 0) is 40.8 Å². The van der Waals surface area contributed by atoms with Gasteiger partial charge in [0.2, 0.25) is 0 Å². The van der Waals surface area contributed by atoms with Gasteiger partial charge in [0.05, 0.1) is 12.4 Å².